The molecule has 26 heavy (non-hydrogen) atoms. The third kappa shape index (κ3) is 5.77. The minimum atomic E-state index is -0.782. The van der Waals surface area contributed by atoms with Crippen LogP contribution in [0.2, 0.25) is 0 Å². The maximum absolute atomic E-state index is 12.3. The average Bonchev–Trinajstić information content (AvgIpc) is 2.59. The summed E-state index contributed by atoms with van der Waals surface area (Å²) in [6, 6.07) is 13.5. The minimum absolute atomic E-state index is 0.126. The summed E-state index contributed by atoms with van der Waals surface area (Å²) in [4.78, 5) is 12.3. The summed E-state index contributed by atoms with van der Waals surface area (Å²) in [6.07, 6.45) is -0.782. The molecule has 0 aliphatic heterocycles. The van der Waals surface area contributed by atoms with E-state index in [1.54, 1.807) is 12.1 Å². The number of para-hydroxylation sites is 1. The first kappa shape index (κ1) is 19.8. The van der Waals surface area contributed by atoms with Crippen molar-refractivity contribution in [2.45, 2.75) is 39.8 Å². The fourth-order valence-corrected chi connectivity index (χ4v) is 2.66. The van der Waals surface area contributed by atoms with Crippen molar-refractivity contribution in [3.05, 3.63) is 59.2 Å². The second-order valence-electron chi connectivity index (χ2n) is 6.78. The van der Waals surface area contributed by atoms with Crippen LogP contribution in [0, 0.1) is 13.8 Å². The standard InChI is InChI=1S/C21H28N2O3/c1-14(2)23-18-10-6-9-17(11-18)21(25)22-12-19(24)13-26-20-15(3)7-5-8-16(20)4/h5-11,14,19,23-24H,12-13H2,1-4H3,(H,22,25). The van der Waals surface area contributed by atoms with Crippen LogP contribution in [-0.4, -0.2) is 36.3 Å². The Balaban J connectivity index is 1.85. The Bertz CT molecular complexity index is 724. The predicted molar refractivity (Wildman–Crippen MR) is 105 cm³/mol. The zero-order chi connectivity index (χ0) is 19.1. The Morgan fingerprint density at radius 2 is 1.77 bits per heavy atom. The molecule has 0 spiro atoms. The molecule has 0 aliphatic carbocycles. The minimum Gasteiger partial charge on any atom is -0.490 e. The van der Waals surface area contributed by atoms with Gasteiger partial charge >= 0.3 is 0 Å². The first-order valence-corrected chi connectivity index (χ1v) is 8.88. The first-order chi connectivity index (χ1) is 12.4. The van der Waals surface area contributed by atoms with Gasteiger partial charge in [-0.15, -0.1) is 0 Å². The SMILES string of the molecule is Cc1cccc(C)c1OCC(O)CNC(=O)c1cccc(NC(C)C)c1. The van der Waals surface area contributed by atoms with Crippen molar-refractivity contribution in [1.82, 2.24) is 5.32 Å². The molecule has 1 unspecified atom stereocenters. The van der Waals surface area contributed by atoms with Crippen LogP contribution >= 0.6 is 0 Å². The van der Waals surface area contributed by atoms with Gasteiger partial charge in [0.25, 0.3) is 5.91 Å². The Morgan fingerprint density at radius 3 is 2.42 bits per heavy atom. The number of ether oxygens (including phenoxy) is 1. The number of benzene rings is 2. The normalized spacial score (nSPS) is 11.9. The van der Waals surface area contributed by atoms with E-state index in [1.807, 2.05) is 58.0 Å². The first-order valence-electron chi connectivity index (χ1n) is 8.88. The maximum atomic E-state index is 12.3. The van der Waals surface area contributed by atoms with Gasteiger partial charge < -0.3 is 20.5 Å². The molecular weight excluding hydrogens is 328 g/mol. The number of nitrogens with one attached hydrogen (secondary N) is 2. The van der Waals surface area contributed by atoms with E-state index in [-0.39, 0.29) is 25.1 Å². The average molecular weight is 356 g/mol. The molecule has 0 radical (unpaired) electrons. The summed E-state index contributed by atoms with van der Waals surface area (Å²) >= 11 is 0. The highest BCUT2D eigenvalue weighted by atomic mass is 16.5. The van der Waals surface area contributed by atoms with Crippen molar-refractivity contribution < 1.29 is 14.6 Å². The van der Waals surface area contributed by atoms with E-state index in [2.05, 4.69) is 10.6 Å². The molecule has 0 saturated heterocycles. The Kier molecular flexibility index (Phi) is 7.04. The second-order valence-corrected chi connectivity index (χ2v) is 6.78. The van der Waals surface area contributed by atoms with Crippen LogP contribution in [0.1, 0.15) is 35.3 Å². The lowest BCUT2D eigenvalue weighted by Gasteiger charge is -2.16. The molecule has 0 heterocycles. The molecule has 2 rings (SSSR count). The molecule has 1 atom stereocenters. The van der Waals surface area contributed by atoms with Gasteiger partial charge in [-0.25, -0.2) is 0 Å². The molecule has 1 amide bonds. The van der Waals surface area contributed by atoms with Gasteiger partial charge in [0.15, 0.2) is 0 Å². The predicted octanol–water partition coefficient (Wildman–Crippen LogP) is 3.29. The number of aliphatic hydroxyl groups is 1. The molecule has 5 nitrogen and oxygen atoms in total. The molecule has 0 bridgehead atoms. The summed E-state index contributed by atoms with van der Waals surface area (Å²) in [7, 11) is 0. The van der Waals surface area contributed by atoms with E-state index in [0.29, 0.717) is 5.56 Å². The zero-order valence-corrected chi connectivity index (χ0v) is 15.9. The van der Waals surface area contributed by atoms with Crippen LogP contribution in [0.25, 0.3) is 0 Å². The van der Waals surface area contributed by atoms with E-state index in [1.165, 1.54) is 0 Å². The van der Waals surface area contributed by atoms with Gasteiger partial charge in [0, 0.05) is 23.8 Å². The van der Waals surface area contributed by atoms with E-state index in [4.69, 9.17) is 4.74 Å². The summed E-state index contributed by atoms with van der Waals surface area (Å²) < 4.78 is 5.72. The van der Waals surface area contributed by atoms with Crippen molar-refractivity contribution in [2.24, 2.45) is 0 Å². The number of aryl methyl sites for hydroxylation is 2. The molecule has 2 aromatic rings. The van der Waals surface area contributed by atoms with Crippen LogP contribution in [0.15, 0.2) is 42.5 Å². The lowest BCUT2D eigenvalue weighted by molar-refractivity contribution is 0.0841. The number of carbonyl (C=O) groups is 1. The Labute approximate surface area is 155 Å². The fraction of sp³-hybridized carbons (Fsp3) is 0.381. The number of amides is 1. The number of rotatable bonds is 8. The van der Waals surface area contributed by atoms with Crippen LogP contribution in [0.4, 0.5) is 5.69 Å². The number of carbonyl (C=O) groups excluding carboxylic acids is 1. The van der Waals surface area contributed by atoms with Crippen LogP contribution in [0.5, 0.6) is 5.75 Å². The van der Waals surface area contributed by atoms with E-state index in [0.717, 1.165) is 22.6 Å². The third-order valence-corrected chi connectivity index (χ3v) is 3.91. The lowest BCUT2D eigenvalue weighted by Crippen LogP contribution is -2.35. The molecular formula is C21H28N2O3. The van der Waals surface area contributed by atoms with Gasteiger partial charge in [0.05, 0.1) is 0 Å². The maximum Gasteiger partial charge on any atom is 0.251 e. The highest BCUT2D eigenvalue weighted by Gasteiger charge is 2.12. The molecule has 3 N–H and O–H groups in total. The van der Waals surface area contributed by atoms with Gasteiger partial charge in [0.2, 0.25) is 0 Å². The highest BCUT2D eigenvalue weighted by Crippen LogP contribution is 2.22. The highest BCUT2D eigenvalue weighted by molar-refractivity contribution is 5.95. The summed E-state index contributed by atoms with van der Waals surface area (Å²) in [5, 5.41) is 16.1. The molecule has 0 saturated carbocycles. The second kappa shape index (κ2) is 9.25. The van der Waals surface area contributed by atoms with Crippen molar-refractivity contribution in [3.8, 4) is 5.75 Å². The number of aliphatic hydroxyl groups excluding tert-OH is 1. The van der Waals surface area contributed by atoms with Crippen LogP contribution < -0.4 is 15.4 Å². The summed E-state index contributed by atoms with van der Waals surface area (Å²) in [6.45, 7) is 8.27. The Hall–Kier alpha value is -2.53. The van der Waals surface area contributed by atoms with Gasteiger partial charge in [-0.2, -0.15) is 0 Å². The van der Waals surface area contributed by atoms with Gasteiger partial charge in [-0.1, -0.05) is 24.3 Å². The molecule has 5 heteroatoms. The van der Waals surface area contributed by atoms with Crippen LogP contribution in [0.3, 0.4) is 0 Å². The third-order valence-electron chi connectivity index (χ3n) is 3.91. The smallest absolute Gasteiger partial charge is 0.251 e. The number of hydrogen-bond acceptors (Lipinski definition) is 4. The fourth-order valence-electron chi connectivity index (χ4n) is 2.66. The molecule has 0 fully saturated rings. The van der Waals surface area contributed by atoms with Gasteiger partial charge in [-0.3, -0.25) is 4.79 Å². The number of anilines is 1. The lowest BCUT2D eigenvalue weighted by atomic mass is 10.1. The molecule has 2 aromatic carbocycles. The van der Waals surface area contributed by atoms with Crippen molar-refractivity contribution in [3.63, 3.8) is 0 Å². The summed E-state index contributed by atoms with van der Waals surface area (Å²) in [5.41, 5.74) is 3.50. The molecule has 0 aliphatic rings. The van der Waals surface area contributed by atoms with Crippen molar-refractivity contribution >= 4 is 11.6 Å². The van der Waals surface area contributed by atoms with E-state index in [9.17, 15) is 9.90 Å². The zero-order valence-electron chi connectivity index (χ0n) is 15.9. The van der Waals surface area contributed by atoms with E-state index >= 15 is 0 Å². The largest absolute Gasteiger partial charge is 0.490 e. The van der Waals surface area contributed by atoms with Crippen LogP contribution in [-0.2, 0) is 0 Å². The Morgan fingerprint density at radius 1 is 1.12 bits per heavy atom. The molecule has 0 aromatic heterocycles. The quantitative estimate of drug-likeness (QED) is 0.679. The van der Waals surface area contributed by atoms with Crippen molar-refractivity contribution in [2.75, 3.05) is 18.5 Å². The molecule has 140 valence electrons. The monoisotopic (exact) mass is 356 g/mol. The summed E-state index contributed by atoms with van der Waals surface area (Å²) in [5.74, 6) is 0.564. The topological polar surface area (TPSA) is 70.6 Å². The van der Waals surface area contributed by atoms with Crippen molar-refractivity contribution in [1.29, 1.82) is 0 Å². The van der Waals surface area contributed by atoms with E-state index < -0.39 is 6.10 Å². The van der Waals surface area contributed by atoms with Gasteiger partial charge in [0.1, 0.15) is 18.5 Å². The number of hydrogen-bond donors (Lipinski definition) is 3. The van der Waals surface area contributed by atoms with Gasteiger partial charge in [-0.05, 0) is 57.0 Å².